The monoisotopic (exact) mass is 194 g/mol. The van der Waals surface area contributed by atoms with Gasteiger partial charge in [-0.15, -0.1) is 0 Å². The molecule has 0 aliphatic rings. The second-order valence-electron chi connectivity index (χ2n) is 3.72. The first-order valence-electron chi connectivity index (χ1n) is 4.33. The fraction of sp³-hybridized carbons (Fsp3) is 0.444. The Morgan fingerprint density at radius 2 is 2.07 bits per heavy atom. The largest absolute Gasteiger partial charge is 0.370 e. The van der Waals surface area contributed by atoms with E-state index in [1.807, 2.05) is 13.8 Å². The molecule has 14 heavy (non-hydrogen) atoms. The number of carbonyl (C=O) groups excluding carboxylic acids is 1. The Kier molecular flexibility index (Phi) is 3.01. The van der Waals surface area contributed by atoms with Crippen molar-refractivity contribution in [1.82, 2.24) is 9.97 Å². The molecule has 1 rings (SSSR count). The average molecular weight is 194 g/mol. The first-order chi connectivity index (χ1) is 6.49. The third kappa shape index (κ3) is 3.38. The van der Waals surface area contributed by atoms with Crippen LogP contribution < -0.4 is 11.1 Å². The van der Waals surface area contributed by atoms with Crippen LogP contribution in [0.3, 0.4) is 0 Å². The maximum absolute atomic E-state index is 10.7. The van der Waals surface area contributed by atoms with Crippen LogP contribution >= 0.6 is 0 Å². The van der Waals surface area contributed by atoms with E-state index in [1.54, 1.807) is 18.5 Å². The number of primary amides is 1. The molecule has 3 N–H and O–H groups in total. The molecule has 1 aromatic heterocycles. The van der Waals surface area contributed by atoms with Crippen LogP contribution in [0.5, 0.6) is 0 Å². The van der Waals surface area contributed by atoms with E-state index in [9.17, 15) is 4.79 Å². The van der Waals surface area contributed by atoms with Gasteiger partial charge in [-0.3, -0.25) is 4.79 Å². The molecular formula is C9H14N4O. The highest BCUT2D eigenvalue weighted by Gasteiger charge is 2.20. The number of rotatable bonds is 4. The quantitative estimate of drug-likeness (QED) is 0.733. The van der Waals surface area contributed by atoms with Gasteiger partial charge >= 0.3 is 0 Å². The number of anilines is 1. The fourth-order valence-electron chi connectivity index (χ4n) is 1.15. The minimum absolute atomic E-state index is 0.241. The van der Waals surface area contributed by atoms with Gasteiger partial charge in [0.2, 0.25) is 11.9 Å². The molecule has 0 bridgehead atoms. The van der Waals surface area contributed by atoms with Crippen molar-refractivity contribution in [3.05, 3.63) is 18.5 Å². The van der Waals surface area contributed by atoms with Crippen LogP contribution in [0, 0.1) is 0 Å². The van der Waals surface area contributed by atoms with Crippen molar-refractivity contribution < 1.29 is 4.79 Å². The Hall–Kier alpha value is -1.65. The minimum atomic E-state index is -0.423. The van der Waals surface area contributed by atoms with E-state index in [4.69, 9.17) is 5.73 Å². The SMILES string of the molecule is CC(C)(CC(N)=O)Nc1ncccn1. The molecule has 0 aromatic carbocycles. The van der Waals surface area contributed by atoms with Crippen molar-refractivity contribution in [1.29, 1.82) is 0 Å². The summed E-state index contributed by atoms with van der Waals surface area (Å²) >= 11 is 0. The van der Waals surface area contributed by atoms with Gasteiger partial charge < -0.3 is 11.1 Å². The summed E-state index contributed by atoms with van der Waals surface area (Å²) in [6.07, 6.45) is 3.51. The first kappa shape index (κ1) is 10.4. The van der Waals surface area contributed by atoms with E-state index in [2.05, 4.69) is 15.3 Å². The molecule has 0 aliphatic carbocycles. The molecule has 1 amide bonds. The molecule has 0 atom stereocenters. The van der Waals surface area contributed by atoms with Gasteiger partial charge in [-0.25, -0.2) is 9.97 Å². The third-order valence-corrected chi connectivity index (χ3v) is 1.63. The number of nitrogens with one attached hydrogen (secondary N) is 1. The Morgan fingerprint density at radius 1 is 1.50 bits per heavy atom. The van der Waals surface area contributed by atoms with Gasteiger partial charge in [0.15, 0.2) is 0 Å². The highest BCUT2D eigenvalue weighted by Crippen LogP contribution is 2.13. The summed E-state index contributed by atoms with van der Waals surface area (Å²) < 4.78 is 0. The second kappa shape index (κ2) is 4.04. The minimum Gasteiger partial charge on any atom is -0.370 e. The van der Waals surface area contributed by atoms with Crippen molar-refractivity contribution in [3.63, 3.8) is 0 Å². The van der Waals surface area contributed by atoms with Crippen molar-refractivity contribution in [2.75, 3.05) is 5.32 Å². The van der Waals surface area contributed by atoms with Crippen LogP contribution in [0.15, 0.2) is 18.5 Å². The first-order valence-corrected chi connectivity index (χ1v) is 4.33. The lowest BCUT2D eigenvalue weighted by Gasteiger charge is -2.24. The van der Waals surface area contributed by atoms with E-state index in [0.29, 0.717) is 5.95 Å². The molecule has 1 aromatic rings. The summed E-state index contributed by atoms with van der Waals surface area (Å²) in [7, 11) is 0. The number of nitrogens with two attached hydrogens (primary N) is 1. The lowest BCUT2D eigenvalue weighted by molar-refractivity contribution is -0.118. The van der Waals surface area contributed by atoms with Gasteiger partial charge in [0.25, 0.3) is 0 Å². The molecule has 0 spiro atoms. The maximum atomic E-state index is 10.7. The second-order valence-corrected chi connectivity index (χ2v) is 3.72. The smallest absolute Gasteiger partial charge is 0.223 e. The summed E-state index contributed by atoms with van der Waals surface area (Å²) in [5.74, 6) is 0.150. The highest BCUT2D eigenvalue weighted by atomic mass is 16.1. The molecular weight excluding hydrogens is 180 g/mol. The molecule has 0 saturated heterocycles. The number of carbonyl (C=O) groups is 1. The molecule has 0 aliphatic heterocycles. The fourth-order valence-corrected chi connectivity index (χ4v) is 1.15. The molecule has 76 valence electrons. The predicted octanol–water partition coefficient (Wildman–Crippen LogP) is 0.542. The molecule has 5 heteroatoms. The van der Waals surface area contributed by atoms with Crippen LogP contribution in [0.1, 0.15) is 20.3 Å². The third-order valence-electron chi connectivity index (χ3n) is 1.63. The standard InChI is InChI=1S/C9H14N4O/c1-9(2,6-7(10)14)13-8-11-4-3-5-12-8/h3-5H,6H2,1-2H3,(H2,10,14)(H,11,12,13). The van der Waals surface area contributed by atoms with Gasteiger partial charge in [0.05, 0.1) is 0 Å². The molecule has 5 nitrogen and oxygen atoms in total. The molecule has 0 fully saturated rings. The van der Waals surface area contributed by atoms with Crippen LogP contribution in [-0.2, 0) is 4.79 Å². The summed E-state index contributed by atoms with van der Waals surface area (Å²) in [4.78, 5) is 18.7. The Labute approximate surface area is 82.7 Å². The van der Waals surface area contributed by atoms with Gasteiger partial charge in [0, 0.05) is 24.4 Å². The normalized spacial score (nSPS) is 11.0. The Morgan fingerprint density at radius 3 is 2.57 bits per heavy atom. The lowest BCUT2D eigenvalue weighted by Crippen LogP contribution is -2.36. The summed E-state index contributed by atoms with van der Waals surface area (Å²) in [5, 5.41) is 3.03. The van der Waals surface area contributed by atoms with Crippen LogP contribution in [-0.4, -0.2) is 21.4 Å². The van der Waals surface area contributed by atoms with E-state index in [-0.39, 0.29) is 12.3 Å². The van der Waals surface area contributed by atoms with Gasteiger partial charge in [-0.2, -0.15) is 0 Å². The maximum Gasteiger partial charge on any atom is 0.223 e. The summed E-state index contributed by atoms with van der Waals surface area (Å²) in [6.45, 7) is 3.74. The zero-order valence-electron chi connectivity index (χ0n) is 8.32. The molecule has 0 unspecified atom stereocenters. The molecule has 1 heterocycles. The number of aromatic nitrogens is 2. The summed E-state index contributed by atoms with van der Waals surface area (Å²) in [5.41, 5.74) is 4.69. The van der Waals surface area contributed by atoms with Crippen molar-refractivity contribution in [2.24, 2.45) is 5.73 Å². The van der Waals surface area contributed by atoms with Crippen molar-refractivity contribution >= 4 is 11.9 Å². The van der Waals surface area contributed by atoms with Gasteiger partial charge in [-0.05, 0) is 19.9 Å². The Bertz CT molecular complexity index is 310. The van der Waals surface area contributed by atoms with Crippen LogP contribution in [0.4, 0.5) is 5.95 Å². The zero-order chi connectivity index (χ0) is 10.6. The average Bonchev–Trinajstić information content (AvgIpc) is 2.02. The highest BCUT2D eigenvalue weighted by molar-refractivity contribution is 5.75. The van der Waals surface area contributed by atoms with E-state index < -0.39 is 5.54 Å². The van der Waals surface area contributed by atoms with Crippen molar-refractivity contribution in [2.45, 2.75) is 25.8 Å². The number of amides is 1. The predicted molar refractivity (Wildman–Crippen MR) is 53.5 cm³/mol. The molecule has 0 radical (unpaired) electrons. The van der Waals surface area contributed by atoms with E-state index in [0.717, 1.165) is 0 Å². The summed E-state index contributed by atoms with van der Waals surface area (Å²) in [6, 6.07) is 1.73. The number of nitrogens with zero attached hydrogens (tertiary/aromatic N) is 2. The number of hydrogen-bond acceptors (Lipinski definition) is 4. The van der Waals surface area contributed by atoms with E-state index >= 15 is 0 Å². The topological polar surface area (TPSA) is 80.9 Å². The van der Waals surface area contributed by atoms with Gasteiger partial charge in [-0.1, -0.05) is 0 Å². The van der Waals surface area contributed by atoms with Crippen LogP contribution in [0.25, 0.3) is 0 Å². The molecule has 0 saturated carbocycles. The lowest BCUT2D eigenvalue weighted by atomic mass is 10.0. The van der Waals surface area contributed by atoms with Gasteiger partial charge in [0.1, 0.15) is 0 Å². The van der Waals surface area contributed by atoms with E-state index in [1.165, 1.54) is 0 Å². The van der Waals surface area contributed by atoms with Crippen molar-refractivity contribution in [3.8, 4) is 0 Å². The van der Waals surface area contributed by atoms with Crippen LogP contribution in [0.2, 0.25) is 0 Å². The Balaban J connectivity index is 2.63. The zero-order valence-corrected chi connectivity index (χ0v) is 8.32. The number of hydrogen-bond donors (Lipinski definition) is 2.